The lowest BCUT2D eigenvalue weighted by atomic mass is 10.3. The molecule has 0 aliphatic rings. The molecule has 11 heteroatoms. The van der Waals surface area contributed by atoms with E-state index in [2.05, 4.69) is 4.18 Å². The van der Waals surface area contributed by atoms with E-state index < -0.39 is 34.7 Å². The van der Waals surface area contributed by atoms with Gasteiger partial charge in [-0.2, -0.15) is 26.0 Å². The molecule has 90 valence electrons. The lowest BCUT2D eigenvalue weighted by Crippen LogP contribution is -2.25. The van der Waals surface area contributed by atoms with Crippen LogP contribution in [0.2, 0.25) is 0 Å². The number of allylic oxidation sites excluding steroid dienone is 1. The molecule has 0 aromatic carbocycles. The minimum atomic E-state index is -6.05. The van der Waals surface area contributed by atoms with Crippen molar-refractivity contribution in [3.05, 3.63) is 11.8 Å². The molecule has 0 radical (unpaired) electrons. The molecule has 15 heavy (non-hydrogen) atoms. The first-order valence-corrected chi connectivity index (χ1v) is 4.16. The summed E-state index contributed by atoms with van der Waals surface area (Å²) in [6, 6.07) is -3.15. The molecule has 0 heterocycles. The Hall–Kier alpha value is -1.00. The zero-order valence-corrected chi connectivity index (χ0v) is 7.17. The molecule has 1 atom stereocenters. The summed E-state index contributed by atoms with van der Waals surface area (Å²) in [4.78, 5) is 0. The Bertz CT molecular complexity index is 355. The van der Waals surface area contributed by atoms with Gasteiger partial charge in [0.15, 0.2) is 0 Å². The van der Waals surface area contributed by atoms with Gasteiger partial charge in [-0.25, -0.2) is 8.78 Å². The van der Waals surface area contributed by atoms with Gasteiger partial charge in [0.25, 0.3) is 6.17 Å². The van der Waals surface area contributed by atoms with Crippen LogP contribution in [0.4, 0.5) is 30.2 Å². The van der Waals surface area contributed by atoms with Crippen molar-refractivity contribution < 1.29 is 42.8 Å². The fraction of sp³-hybridized carbons (Fsp3) is 0.500. The summed E-state index contributed by atoms with van der Waals surface area (Å²) in [5.74, 6) is -3.22. The summed E-state index contributed by atoms with van der Waals surface area (Å²) in [6.45, 7) is 0. The predicted octanol–water partition coefficient (Wildman–Crippen LogP) is 2.23. The maximum absolute atomic E-state index is 12.1. The largest absolute Gasteiger partial charge is 0.490 e. The lowest BCUT2D eigenvalue weighted by Gasteiger charge is -2.09. The molecule has 3 nitrogen and oxygen atoms in total. The first kappa shape index (κ1) is 14.0. The van der Waals surface area contributed by atoms with Crippen LogP contribution in [0.3, 0.4) is 0 Å². The van der Waals surface area contributed by atoms with Crippen molar-refractivity contribution in [3.8, 4) is 0 Å². The molecule has 0 bridgehead atoms. The molecule has 0 aliphatic carbocycles. The second kappa shape index (κ2) is 4.24. The van der Waals surface area contributed by atoms with E-state index in [9.17, 15) is 38.6 Å². The first-order valence-electron chi connectivity index (χ1n) is 2.85. The van der Waals surface area contributed by atoms with Crippen LogP contribution in [-0.2, 0) is 14.7 Å². The summed E-state index contributed by atoms with van der Waals surface area (Å²) in [5, 5.41) is 0. The van der Waals surface area contributed by atoms with Crippen molar-refractivity contribution in [2.75, 3.05) is 0 Å². The van der Waals surface area contributed by atoms with E-state index in [1.807, 2.05) is 0 Å². The highest BCUT2D eigenvalue weighted by molar-refractivity contribution is 7.81. The average molecular weight is 262 g/mol. The van der Waals surface area contributed by atoms with Crippen LogP contribution in [0.5, 0.6) is 0 Å². The van der Waals surface area contributed by atoms with E-state index in [0.29, 0.717) is 0 Å². The minimum absolute atomic E-state index is 2.42. The Morgan fingerprint density at radius 1 is 1.20 bits per heavy atom. The Morgan fingerprint density at radius 3 is 1.87 bits per heavy atom. The second-order valence-electron chi connectivity index (χ2n) is 2.00. The third-order valence-corrected chi connectivity index (χ3v) is 1.22. The van der Waals surface area contributed by atoms with Crippen molar-refractivity contribution in [1.29, 1.82) is 0 Å². The molecule has 0 aliphatic heterocycles. The highest BCUT2D eigenvalue weighted by Crippen LogP contribution is 2.31. The van der Waals surface area contributed by atoms with Crippen LogP contribution in [0.1, 0.15) is 0 Å². The van der Waals surface area contributed by atoms with E-state index >= 15 is 0 Å². The molecular weight excluding hydrogens is 261 g/mol. The van der Waals surface area contributed by atoms with E-state index in [-0.39, 0.29) is 0 Å². The molecule has 0 spiro atoms. The maximum atomic E-state index is 12.1. The van der Waals surface area contributed by atoms with Gasteiger partial charge in [0, 0.05) is 0 Å². The van der Waals surface area contributed by atoms with E-state index in [0.717, 1.165) is 0 Å². The van der Waals surface area contributed by atoms with Gasteiger partial charge in [0.05, 0.1) is 0 Å². The molecule has 0 saturated carbocycles. The van der Waals surface area contributed by atoms with Crippen LogP contribution >= 0.6 is 0 Å². The highest BCUT2D eigenvalue weighted by Gasteiger charge is 2.46. The topological polar surface area (TPSA) is 43.4 Å². The van der Waals surface area contributed by atoms with Gasteiger partial charge >= 0.3 is 22.7 Å². The standard InChI is InChI=1S/C4HF7O3S/c5-1(2(6)4(8,9)10)3(7)14-15(11,12)13/h2H. The van der Waals surface area contributed by atoms with Crippen molar-refractivity contribution in [2.45, 2.75) is 12.3 Å². The molecule has 0 fully saturated rings. The van der Waals surface area contributed by atoms with E-state index in [1.54, 1.807) is 0 Å². The van der Waals surface area contributed by atoms with Crippen molar-refractivity contribution in [2.24, 2.45) is 0 Å². The highest BCUT2D eigenvalue weighted by atomic mass is 32.3. The van der Waals surface area contributed by atoms with Crippen LogP contribution in [0.15, 0.2) is 11.8 Å². The lowest BCUT2D eigenvalue weighted by molar-refractivity contribution is -0.175. The molecule has 1 unspecified atom stereocenters. The van der Waals surface area contributed by atoms with Gasteiger partial charge in [0.1, 0.15) is 0 Å². The third-order valence-electron chi connectivity index (χ3n) is 0.870. The second-order valence-corrected chi connectivity index (χ2v) is 2.96. The summed E-state index contributed by atoms with van der Waals surface area (Å²) < 4.78 is 103. The van der Waals surface area contributed by atoms with Gasteiger partial charge in [-0.3, -0.25) is 0 Å². The molecular formula is C4HF7O3S. The molecule has 0 saturated heterocycles. The number of hydrogen-bond acceptors (Lipinski definition) is 3. The number of alkyl halides is 4. The molecule has 0 N–H and O–H groups in total. The number of rotatable bonds is 3. The zero-order chi connectivity index (χ0) is 12.4. The van der Waals surface area contributed by atoms with Gasteiger partial charge in [-0.15, -0.1) is 0 Å². The van der Waals surface area contributed by atoms with Crippen LogP contribution in [0, 0.1) is 0 Å². The van der Waals surface area contributed by atoms with Gasteiger partial charge in [-0.05, 0) is 0 Å². The predicted molar refractivity (Wildman–Crippen MR) is 31.3 cm³/mol. The Kier molecular flexibility index (Phi) is 3.96. The smallest absolute Gasteiger partial charge is 0.325 e. The van der Waals surface area contributed by atoms with Gasteiger partial charge in [0.2, 0.25) is 5.83 Å². The summed E-state index contributed by atoms with van der Waals surface area (Å²) in [7, 11) is -6.05. The Morgan fingerprint density at radius 2 is 1.60 bits per heavy atom. The number of hydrogen-bond donors (Lipinski definition) is 0. The summed E-state index contributed by atoms with van der Waals surface area (Å²) in [5.41, 5.74) is 0. The monoisotopic (exact) mass is 262 g/mol. The van der Waals surface area contributed by atoms with Gasteiger partial charge in [-0.1, -0.05) is 3.89 Å². The number of halogens is 7. The van der Waals surface area contributed by atoms with Crippen molar-refractivity contribution in [1.82, 2.24) is 0 Å². The van der Waals surface area contributed by atoms with Crippen LogP contribution in [0.25, 0.3) is 0 Å². The minimum Gasteiger partial charge on any atom is -0.325 e. The Labute approximate surface area is 78.5 Å². The molecule has 0 aromatic rings. The van der Waals surface area contributed by atoms with Crippen LogP contribution in [-0.4, -0.2) is 20.8 Å². The normalized spacial score (nSPS) is 17.0. The van der Waals surface area contributed by atoms with E-state index in [4.69, 9.17) is 0 Å². The molecule has 0 rings (SSSR count). The summed E-state index contributed by atoms with van der Waals surface area (Å²) >= 11 is 0. The molecule has 0 aromatic heterocycles. The van der Waals surface area contributed by atoms with Crippen molar-refractivity contribution >= 4 is 10.5 Å². The Balaban J connectivity index is 4.96. The maximum Gasteiger partial charge on any atom is 0.490 e. The fourth-order valence-corrected chi connectivity index (χ4v) is 0.625. The van der Waals surface area contributed by atoms with Crippen molar-refractivity contribution in [3.63, 3.8) is 0 Å². The first-order chi connectivity index (χ1) is 6.45. The molecule has 0 amide bonds. The van der Waals surface area contributed by atoms with Crippen LogP contribution < -0.4 is 0 Å². The van der Waals surface area contributed by atoms with Gasteiger partial charge < -0.3 is 4.18 Å². The SMILES string of the molecule is O=S(=O)(F)OC(F)=C(F)C(F)C(F)(F)F. The van der Waals surface area contributed by atoms with E-state index in [1.165, 1.54) is 0 Å². The quantitative estimate of drug-likeness (QED) is 0.445. The summed E-state index contributed by atoms with van der Waals surface area (Å²) in [6.07, 6.45) is -10.2. The average Bonchev–Trinajstić information content (AvgIpc) is 1.96. The fourth-order valence-electron chi connectivity index (χ4n) is 0.371. The third kappa shape index (κ3) is 4.85. The zero-order valence-electron chi connectivity index (χ0n) is 6.36.